The van der Waals surface area contributed by atoms with Crippen molar-refractivity contribution in [3.8, 4) is 11.1 Å². The highest BCUT2D eigenvalue weighted by Gasteiger charge is 2.27. The molecule has 0 fully saturated rings. The fourth-order valence-electron chi connectivity index (χ4n) is 3.59. The Bertz CT molecular complexity index is 1770. The Morgan fingerprint density at radius 3 is 2.41 bits per heavy atom. The maximum Gasteiger partial charge on any atom is 0.240 e. The second kappa shape index (κ2) is 9.57. The molecular weight excluding hydrogens is 535 g/mol. The molecule has 0 saturated carbocycles. The number of ketones is 1. The number of carbonyl (C=O) groups is 1. The van der Waals surface area contributed by atoms with Gasteiger partial charge < -0.3 is 0 Å². The highest BCUT2D eigenvalue weighted by Crippen LogP contribution is 2.29. The number of primary sulfonamides is 1. The van der Waals surface area contributed by atoms with Gasteiger partial charge in [-0.05, 0) is 42.3 Å². The SMILES string of the molecule is CCCS(=O)(=O)Nc1ccc(F)c(C(=O)c2n[nH]c3ncc(-c4ccc(S(N)(=O)=O)c(F)c4)cc23)c1F. The fraction of sp³-hybridized carbons (Fsp3) is 0.136. The van der Waals surface area contributed by atoms with Crippen LogP contribution in [0.25, 0.3) is 22.2 Å². The average molecular weight is 554 g/mol. The average Bonchev–Trinajstić information content (AvgIpc) is 3.23. The Hall–Kier alpha value is -3.82. The summed E-state index contributed by atoms with van der Waals surface area (Å²) < 4.78 is 93.0. The molecule has 2 aromatic heterocycles. The van der Waals surface area contributed by atoms with Crippen LogP contribution in [0.3, 0.4) is 0 Å². The molecule has 37 heavy (non-hydrogen) atoms. The summed E-state index contributed by atoms with van der Waals surface area (Å²) in [6.07, 6.45) is 1.53. The first-order valence-electron chi connectivity index (χ1n) is 10.5. The number of benzene rings is 2. The van der Waals surface area contributed by atoms with Crippen molar-refractivity contribution in [2.75, 3.05) is 10.5 Å². The van der Waals surface area contributed by atoms with Gasteiger partial charge in [0.15, 0.2) is 11.5 Å². The van der Waals surface area contributed by atoms with Crippen molar-refractivity contribution in [2.24, 2.45) is 5.14 Å². The lowest BCUT2D eigenvalue weighted by Crippen LogP contribution is -2.18. The summed E-state index contributed by atoms with van der Waals surface area (Å²) in [5.41, 5.74) is -1.62. The van der Waals surface area contributed by atoms with Crippen molar-refractivity contribution in [3.63, 3.8) is 0 Å². The number of sulfonamides is 2. The number of aromatic nitrogens is 3. The minimum atomic E-state index is -4.30. The van der Waals surface area contributed by atoms with E-state index in [0.29, 0.717) is 0 Å². The number of aromatic amines is 1. The molecular formula is C22H18F3N5O5S2. The maximum atomic E-state index is 15.1. The lowest BCUT2D eigenvalue weighted by Gasteiger charge is -2.11. The summed E-state index contributed by atoms with van der Waals surface area (Å²) in [4.78, 5) is 16.5. The molecule has 0 aliphatic carbocycles. The van der Waals surface area contributed by atoms with Crippen molar-refractivity contribution in [2.45, 2.75) is 18.2 Å². The van der Waals surface area contributed by atoms with Gasteiger partial charge in [-0.25, -0.2) is 40.1 Å². The van der Waals surface area contributed by atoms with Crippen LogP contribution in [0.1, 0.15) is 29.4 Å². The van der Waals surface area contributed by atoms with Gasteiger partial charge >= 0.3 is 0 Å². The van der Waals surface area contributed by atoms with Gasteiger partial charge in [-0.2, -0.15) is 5.10 Å². The molecule has 0 atom stereocenters. The first kappa shape index (κ1) is 26.2. The van der Waals surface area contributed by atoms with Crippen LogP contribution in [0.15, 0.2) is 47.5 Å². The number of rotatable bonds is 8. The number of fused-ring (bicyclic) bond motifs is 1. The van der Waals surface area contributed by atoms with Gasteiger partial charge in [0.2, 0.25) is 25.8 Å². The molecule has 0 amide bonds. The number of H-pyrrole nitrogens is 1. The van der Waals surface area contributed by atoms with E-state index in [4.69, 9.17) is 5.14 Å². The molecule has 194 valence electrons. The van der Waals surface area contributed by atoms with E-state index in [2.05, 4.69) is 15.2 Å². The van der Waals surface area contributed by atoms with Crippen LogP contribution in [0, 0.1) is 17.5 Å². The number of hydrogen-bond donors (Lipinski definition) is 3. The summed E-state index contributed by atoms with van der Waals surface area (Å²) >= 11 is 0. The van der Waals surface area contributed by atoms with Crippen LogP contribution in [-0.2, 0) is 20.0 Å². The minimum Gasteiger partial charge on any atom is -0.287 e. The molecule has 4 rings (SSSR count). The Morgan fingerprint density at radius 2 is 1.76 bits per heavy atom. The monoisotopic (exact) mass is 553 g/mol. The molecule has 4 N–H and O–H groups in total. The van der Waals surface area contributed by atoms with Crippen molar-refractivity contribution < 1.29 is 34.8 Å². The zero-order chi connectivity index (χ0) is 27.1. The van der Waals surface area contributed by atoms with Crippen LogP contribution < -0.4 is 9.86 Å². The number of pyridine rings is 1. The van der Waals surface area contributed by atoms with Crippen molar-refractivity contribution in [3.05, 3.63) is 71.3 Å². The minimum absolute atomic E-state index is 0.0224. The molecule has 2 heterocycles. The van der Waals surface area contributed by atoms with E-state index < -0.39 is 65.1 Å². The highest BCUT2D eigenvalue weighted by atomic mass is 32.2. The molecule has 15 heteroatoms. The zero-order valence-corrected chi connectivity index (χ0v) is 20.6. The lowest BCUT2D eigenvalue weighted by atomic mass is 10.0. The third-order valence-corrected chi connectivity index (χ3v) is 7.68. The van der Waals surface area contributed by atoms with E-state index in [0.717, 1.165) is 24.3 Å². The smallest absolute Gasteiger partial charge is 0.240 e. The van der Waals surface area contributed by atoms with Crippen LogP contribution in [0.4, 0.5) is 18.9 Å². The molecule has 0 aliphatic rings. The zero-order valence-electron chi connectivity index (χ0n) is 18.9. The third kappa shape index (κ3) is 5.19. The molecule has 4 aromatic rings. The Kier molecular flexibility index (Phi) is 6.79. The van der Waals surface area contributed by atoms with E-state index in [1.165, 1.54) is 18.3 Å². The molecule has 0 unspecified atom stereocenters. The predicted octanol–water partition coefficient (Wildman–Crippen LogP) is 3.07. The molecule has 0 saturated heterocycles. The number of hydrogen-bond acceptors (Lipinski definition) is 7. The number of anilines is 1. The summed E-state index contributed by atoms with van der Waals surface area (Å²) in [5, 5.41) is 11.3. The van der Waals surface area contributed by atoms with Crippen LogP contribution in [-0.4, -0.2) is 43.6 Å². The van der Waals surface area contributed by atoms with Gasteiger partial charge in [0.25, 0.3) is 0 Å². The summed E-state index contributed by atoms with van der Waals surface area (Å²) in [5.74, 6) is -5.31. The molecule has 0 aliphatic heterocycles. The number of nitrogens with two attached hydrogens (primary N) is 1. The largest absolute Gasteiger partial charge is 0.287 e. The second-order valence-corrected chi connectivity index (χ2v) is 11.3. The quantitative estimate of drug-likeness (QED) is 0.282. The van der Waals surface area contributed by atoms with Gasteiger partial charge in [-0.15, -0.1) is 0 Å². The van der Waals surface area contributed by atoms with E-state index >= 15 is 4.39 Å². The second-order valence-electron chi connectivity index (χ2n) is 7.92. The molecule has 10 nitrogen and oxygen atoms in total. The lowest BCUT2D eigenvalue weighted by molar-refractivity contribution is 0.102. The fourth-order valence-corrected chi connectivity index (χ4v) is 5.31. The van der Waals surface area contributed by atoms with E-state index in [-0.39, 0.29) is 34.3 Å². The van der Waals surface area contributed by atoms with E-state index in [1.54, 1.807) is 6.92 Å². The number of nitrogens with zero attached hydrogens (tertiary/aromatic N) is 2. The van der Waals surface area contributed by atoms with Crippen LogP contribution in [0.5, 0.6) is 0 Å². The van der Waals surface area contributed by atoms with Gasteiger partial charge in [-0.3, -0.25) is 14.6 Å². The van der Waals surface area contributed by atoms with Crippen LogP contribution >= 0.6 is 0 Å². The maximum absolute atomic E-state index is 15.1. The number of nitrogens with one attached hydrogen (secondary N) is 2. The van der Waals surface area contributed by atoms with Gasteiger partial charge in [-0.1, -0.05) is 13.0 Å². The molecule has 0 spiro atoms. The van der Waals surface area contributed by atoms with E-state index in [1.807, 2.05) is 4.72 Å². The van der Waals surface area contributed by atoms with Gasteiger partial charge in [0, 0.05) is 11.8 Å². The summed E-state index contributed by atoms with van der Waals surface area (Å²) in [7, 11) is -8.23. The molecule has 0 bridgehead atoms. The first-order chi connectivity index (χ1) is 17.3. The number of carbonyl (C=O) groups excluding carboxylic acids is 1. The van der Waals surface area contributed by atoms with Crippen molar-refractivity contribution >= 4 is 42.6 Å². The van der Waals surface area contributed by atoms with Gasteiger partial charge in [0.05, 0.1) is 22.4 Å². The highest BCUT2D eigenvalue weighted by molar-refractivity contribution is 7.92. The Morgan fingerprint density at radius 1 is 1.03 bits per heavy atom. The number of halogens is 3. The van der Waals surface area contributed by atoms with Crippen molar-refractivity contribution in [1.82, 2.24) is 15.2 Å². The third-order valence-electron chi connectivity index (χ3n) is 5.26. The predicted molar refractivity (Wildman–Crippen MR) is 128 cm³/mol. The Labute approximate surface area is 208 Å². The normalized spacial score (nSPS) is 12.1. The van der Waals surface area contributed by atoms with Crippen LogP contribution in [0.2, 0.25) is 0 Å². The molecule has 2 aromatic carbocycles. The standard InChI is InChI=1S/C22H18F3N5O5S2/c1-2-7-36(32,33)30-16-5-4-14(23)18(19(16)25)21(31)20-13-8-12(10-27-22(13)29-28-20)11-3-6-17(15(24)9-11)37(26,34)35/h3-6,8-10,30H,2,7H2,1H3,(H2,26,34,35)(H,27,28,29). The summed E-state index contributed by atoms with van der Waals surface area (Å²) in [6, 6.07) is 6.06. The summed E-state index contributed by atoms with van der Waals surface area (Å²) in [6.45, 7) is 1.60. The van der Waals surface area contributed by atoms with E-state index in [9.17, 15) is 30.4 Å². The Balaban J connectivity index is 1.78. The topological polar surface area (TPSA) is 165 Å². The molecule has 0 radical (unpaired) electrons. The van der Waals surface area contributed by atoms with Crippen molar-refractivity contribution in [1.29, 1.82) is 0 Å². The first-order valence-corrected chi connectivity index (χ1v) is 13.7. The van der Waals surface area contributed by atoms with Gasteiger partial charge in [0.1, 0.15) is 22.2 Å².